The number of anilines is 1. The molecule has 2 heterocycles. The lowest BCUT2D eigenvalue weighted by molar-refractivity contribution is 0.171. The quantitative estimate of drug-likeness (QED) is 0.893. The highest BCUT2D eigenvalue weighted by Crippen LogP contribution is 2.36. The summed E-state index contributed by atoms with van der Waals surface area (Å²) in [5.74, 6) is 2.59. The van der Waals surface area contributed by atoms with Crippen LogP contribution in [0.4, 0.5) is 5.82 Å². The van der Waals surface area contributed by atoms with Gasteiger partial charge in [0.15, 0.2) is 11.5 Å². The predicted molar refractivity (Wildman–Crippen MR) is 71.6 cm³/mol. The van der Waals surface area contributed by atoms with E-state index in [2.05, 4.69) is 4.98 Å². The predicted octanol–water partition coefficient (Wildman–Crippen LogP) is 2.11. The van der Waals surface area contributed by atoms with E-state index >= 15 is 0 Å². The van der Waals surface area contributed by atoms with E-state index in [1.54, 1.807) is 19.2 Å². The lowest BCUT2D eigenvalue weighted by Crippen LogP contribution is -2.15. The minimum absolute atomic E-state index is 0.450. The summed E-state index contributed by atoms with van der Waals surface area (Å²) >= 11 is 0. The Hall–Kier alpha value is -2.43. The number of benzene rings is 1. The number of methoxy groups -OCH3 is 1. The van der Waals surface area contributed by atoms with Crippen LogP contribution in [-0.4, -0.2) is 25.3 Å². The van der Waals surface area contributed by atoms with Gasteiger partial charge in [0.1, 0.15) is 30.5 Å². The smallest absolute Gasteiger partial charge is 0.162 e. The van der Waals surface area contributed by atoms with Crippen molar-refractivity contribution in [3.8, 4) is 28.5 Å². The van der Waals surface area contributed by atoms with Crippen LogP contribution in [0, 0.1) is 0 Å². The molecule has 0 bridgehead atoms. The summed E-state index contributed by atoms with van der Waals surface area (Å²) in [4.78, 5) is 4.32. The molecule has 2 N–H and O–H groups in total. The molecule has 0 saturated carbocycles. The number of hydrogen-bond acceptors (Lipinski definition) is 5. The van der Waals surface area contributed by atoms with Crippen LogP contribution in [0.5, 0.6) is 17.2 Å². The van der Waals surface area contributed by atoms with Gasteiger partial charge in [0.2, 0.25) is 0 Å². The molecule has 5 nitrogen and oxygen atoms in total. The number of pyridine rings is 1. The summed E-state index contributed by atoms with van der Waals surface area (Å²) in [5.41, 5.74) is 7.31. The Morgan fingerprint density at radius 1 is 1.11 bits per heavy atom. The molecule has 1 aliphatic rings. The second-order valence-electron chi connectivity index (χ2n) is 4.15. The van der Waals surface area contributed by atoms with E-state index in [0.717, 1.165) is 17.1 Å². The fourth-order valence-corrected chi connectivity index (χ4v) is 2.02. The number of nitrogen functional groups attached to an aromatic ring is 1. The van der Waals surface area contributed by atoms with Gasteiger partial charge in [-0.1, -0.05) is 0 Å². The van der Waals surface area contributed by atoms with E-state index < -0.39 is 0 Å². The van der Waals surface area contributed by atoms with Crippen LogP contribution in [0.3, 0.4) is 0 Å². The molecule has 1 aliphatic heterocycles. The summed E-state index contributed by atoms with van der Waals surface area (Å²) < 4.78 is 16.4. The third-order valence-electron chi connectivity index (χ3n) is 2.92. The lowest BCUT2D eigenvalue weighted by atomic mass is 10.1. The van der Waals surface area contributed by atoms with E-state index in [9.17, 15) is 0 Å². The average molecular weight is 258 g/mol. The van der Waals surface area contributed by atoms with Crippen molar-refractivity contribution in [2.45, 2.75) is 0 Å². The number of rotatable bonds is 2. The zero-order chi connectivity index (χ0) is 13.2. The monoisotopic (exact) mass is 258 g/mol. The summed E-state index contributed by atoms with van der Waals surface area (Å²) in [6.07, 6.45) is 0. The first-order valence-corrected chi connectivity index (χ1v) is 5.98. The van der Waals surface area contributed by atoms with Crippen molar-refractivity contribution >= 4 is 5.82 Å². The highest BCUT2D eigenvalue weighted by molar-refractivity contribution is 5.70. The Morgan fingerprint density at radius 2 is 1.89 bits per heavy atom. The Kier molecular flexibility index (Phi) is 2.87. The summed E-state index contributed by atoms with van der Waals surface area (Å²) in [7, 11) is 1.61. The van der Waals surface area contributed by atoms with Gasteiger partial charge in [-0.3, -0.25) is 0 Å². The Morgan fingerprint density at radius 3 is 2.68 bits per heavy atom. The largest absolute Gasteiger partial charge is 0.494 e. The Bertz CT molecular complexity index is 614. The minimum atomic E-state index is 0.450. The molecule has 0 spiro atoms. The van der Waals surface area contributed by atoms with Gasteiger partial charge in [0.25, 0.3) is 0 Å². The molecule has 1 aromatic carbocycles. The highest BCUT2D eigenvalue weighted by Gasteiger charge is 2.15. The van der Waals surface area contributed by atoms with Crippen LogP contribution in [0.1, 0.15) is 0 Å². The van der Waals surface area contributed by atoms with Crippen LogP contribution in [-0.2, 0) is 0 Å². The van der Waals surface area contributed by atoms with Crippen LogP contribution in [0.15, 0.2) is 30.3 Å². The van der Waals surface area contributed by atoms with Gasteiger partial charge in [0.05, 0.1) is 7.11 Å². The fourth-order valence-electron chi connectivity index (χ4n) is 2.02. The zero-order valence-corrected chi connectivity index (χ0v) is 10.6. The molecule has 1 aromatic heterocycles. The number of aromatic nitrogens is 1. The molecule has 2 aromatic rings. The number of nitrogens with zero attached hydrogens (tertiary/aromatic N) is 1. The summed E-state index contributed by atoms with van der Waals surface area (Å²) in [5, 5.41) is 0. The molecule has 0 unspecified atom stereocenters. The van der Waals surface area contributed by atoms with E-state index in [-0.39, 0.29) is 0 Å². The van der Waals surface area contributed by atoms with E-state index in [1.165, 1.54) is 0 Å². The lowest BCUT2D eigenvalue weighted by Gasteiger charge is -2.19. The molecule has 0 amide bonds. The molecule has 5 heteroatoms. The van der Waals surface area contributed by atoms with Crippen molar-refractivity contribution in [3.63, 3.8) is 0 Å². The van der Waals surface area contributed by atoms with Crippen LogP contribution >= 0.6 is 0 Å². The second kappa shape index (κ2) is 4.68. The van der Waals surface area contributed by atoms with Crippen LogP contribution in [0.2, 0.25) is 0 Å². The molecule has 0 saturated heterocycles. The first-order valence-electron chi connectivity index (χ1n) is 5.98. The Balaban J connectivity index is 2.09. The number of nitrogens with two attached hydrogens (primary N) is 1. The maximum Gasteiger partial charge on any atom is 0.162 e. The first-order chi connectivity index (χ1) is 9.28. The van der Waals surface area contributed by atoms with Gasteiger partial charge in [0, 0.05) is 5.56 Å². The number of ether oxygens (including phenoxy) is 3. The molecule has 19 heavy (non-hydrogen) atoms. The second-order valence-corrected chi connectivity index (χ2v) is 4.15. The molecule has 0 atom stereocenters. The van der Waals surface area contributed by atoms with Crippen molar-refractivity contribution in [2.75, 3.05) is 26.1 Å². The normalized spacial score (nSPS) is 13.1. The van der Waals surface area contributed by atoms with Gasteiger partial charge in [-0.05, 0) is 30.3 Å². The molecule has 98 valence electrons. The van der Waals surface area contributed by atoms with Crippen LogP contribution in [0.25, 0.3) is 11.3 Å². The molecule has 0 radical (unpaired) electrons. The third kappa shape index (κ3) is 2.14. The van der Waals surface area contributed by atoms with Crippen molar-refractivity contribution in [2.24, 2.45) is 0 Å². The molecular formula is C14H14N2O3. The summed E-state index contributed by atoms with van der Waals surface area (Å²) in [6.45, 7) is 1.13. The van der Waals surface area contributed by atoms with E-state index in [1.807, 2.05) is 18.2 Å². The first kappa shape index (κ1) is 11.6. The van der Waals surface area contributed by atoms with Gasteiger partial charge >= 0.3 is 0 Å². The van der Waals surface area contributed by atoms with Gasteiger partial charge in [-0.2, -0.15) is 0 Å². The number of fused-ring (bicyclic) bond motifs is 1. The van der Waals surface area contributed by atoms with Crippen molar-refractivity contribution in [3.05, 3.63) is 30.3 Å². The maximum atomic E-state index is 5.73. The molecule has 0 fully saturated rings. The average Bonchev–Trinajstić information content (AvgIpc) is 2.46. The Labute approximate surface area is 110 Å². The number of hydrogen-bond donors (Lipinski definition) is 1. The molecule has 3 rings (SSSR count). The third-order valence-corrected chi connectivity index (χ3v) is 2.92. The standard InChI is InChI=1S/C14H14N2O3/c1-17-11-4-5-13(15)16-14(11)9-2-3-10-12(8-9)19-7-6-18-10/h2-5,8H,6-7H2,1H3,(H2,15,16). The molecular weight excluding hydrogens is 244 g/mol. The summed E-state index contributed by atoms with van der Waals surface area (Å²) in [6, 6.07) is 9.18. The van der Waals surface area contributed by atoms with Gasteiger partial charge < -0.3 is 19.9 Å². The maximum absolute atomic E-state index is 5.73. The topological polar surface area (TPSA) is 66.6 Å². The van der Waals surface area contributed by atoms with Gasteiger partial charge in [-0.15, -0.1) is 0 Å². The van der Waals surface area contributed by atoms with Gasteiger partial charge in [-0.25, -0.2) is 4.98 Å². The fraction of sp³-hybridized carbons (Fsp3) is 0.214. The molecule has 0 aliphatic carbocycles. The highest BCUT2D eigenvalue weighted by atomic mass is 16.6. The SMILES string of the molecule is COc1ccc(N)nc1-c1ccc2c(c1)OCCO2. The van der Waals surface area contributed by atoms with Crippen LogP contribution < -0.4 is 19.9 Å². The zero-order valence-electron chi connectivity index (χ0n) is 10.6. The van der Waals surface area contributed by atoms with Crippen molar-refractivity contribution < 1.29 is 14.2 Å². The van der Waals surface area contributed by atoms with Crippen molar-refractivity contribution in [1.82, 2.24) is 4.98 Å². The minimum Gasteiger partial charge on any atom is -0.494 e. The van der Waals surface area contributed by atoms with Crippen molar-refractivity contribution in [1.29, 1.82) is 0 Å². The van der Waals surface area contributed by atoms with E-state index in [4.69, 9.17) is 19.9 Å². The van der Waals surface area contributed by atoms with E-state index in [0.29, 0.717) is 30.5 Å².